The number of ether oxygens (including phenoxy) is 3. The van der Waals surface area contributed by atoms with Crippen molar-refractivity contribution in [3.8, 4) is 17.2 Å². The highest BCUT2D eigenvalue weighted by Crippen LogP contribution is 2.39. The smallest absolute Gasteiger partial charge is 0.271 e. The van der Waals surface area contributed by atoms with Crippen LogP contribution in [0.4, 0.5) is 0 Å². The highest BCUT2D eigenvalue weighted by molar-refractivity contribution is 7.08. The van der Waals surface area contributed by atoms with Crippen LogP contribution in [0.15, 0.2) is 34.1 Å². The number of hydrogen-bond donors (Lipinski definition) is 1. The second-order valence-electron chi connectivity index (χ2n) is 4.86. The summed E-state index contributed by atoms with van der Waals surface area (Å²) in [6.07, 6.45) is 1.59. The molecule has 0 fully saturated rings. The average molecular weight is 362 g/mol. The van der Waals surface area contributed by atoms with E-state index in [1.165, 1.54) is 0 Å². The maximum Gasteiger partial charge on any atom is 0.271 e. The van der Waals surface area contributed by atoms with Crippen LogP contribution in [-0.4, -0.2) is 31.9 Å². The van der Waals surface area contributed by atoms with Crippen LogP contribution in [0.5, 0.6) is 17.2 Å². The molecule has 1 N–H and O–H groups in total. The fourth-order valence-electron chi connectivity index (χ4n) is 2.10. The van der Waals surface area contributed by atoms with Crippen LogP contribution in [-0.2, 0) is 0 Å². The van der Waals surface area contributed by atoms with Crippen LogP contribution in [0.1, 0.15) is 36.7 Å². The zero-order chi connectivity index (χ0) is 18.1. The molecule has 0 unspecified atom stereocenters. The van der Waals surface area contributed by atoms with E-state index in [0.29, 0.717) is 42.6 Å². The monoisotopic (exact) mass is 362 g/mol. The van der Waals surface area contributed by atoms with Gasteiger partial charge in [0.2, 0.25) is 5.75 Å². The molecule has 0 bridgehead atoms. The fourth-order valence-corrected chi connectivity index (χ4v) is 2.71. The fraction of sp³-hybridized carbons (Fsp3) is 0.333. The number of hydrogen-bond acceptors (Lipinski definition) is 6. The summed E-state index contributed by atoms with van der Waals surface area (Å²) in [5.41, 5.74) is 3.83. The van der Waals surface area contributed by atoms with E-state index < -0.39 is 0 Å². The predicted octanol–water partition coefficient (Wildman–Crippen LogP) is 3.71. The third-order valence-corrected chi connectivity index (χ3v) is 3.80. The molecule has 0 atom stereocenters. The highest BCUT2D eigenvalue weighted by atomic mass is 32.1. The van der Waals surface area contributed by atoms with E-state index in [9.17, 15) is 4.79 Å². The van der Waals surface area contributed by atoms with Gasteiger partial charge in [-0.3, -0.25) is 4.79 Å². The van der Waals surface area contributed by atoms with E-state index in [1.807, 2.05) is 37.6 Å². The van der Waals surface area contributed by atoms with Gasteiger partial charge in [0.25, 0.3) is 5.91 Å². The number of carbonyl (C=O) groups is 1. The third-order valence-electron chi connectivity index (χ3n) is 3.09. The van der Waals surface area contributed by atoms with E-state index in [2.05, 4.69) is 10.5 Å². The molecule has 0 spiro atoms. The molecule has 2 aromatic rings. The Balaban J connectivity index is 2.24. The molecule has 7 heteroatoms. The van der Waals surface area contributed by atoms with Crippen molar-refractivity contribution in [2.24, 2.45) is 5.10 Å². The van der Waals surface area contributed by atoms with Crippen molar-refractivity contribution in [1.82, 2.24) is 5.43 Å². The van der Waals surface area contributed by atoms with E-state index in [-0.39, 0.29) is 5.91 Å². The van der Waals surface area contributed by atoms with Gasteiger partial charge in [-0.2, -0.15) is 16.4 Å². The minimum Gasteiger partial charge on any atom is -0.490 e. The van der Waals surface area contributed by atoms with E-state index in [4.69, 9.17) is 14.2 Å². The van der Waals surface area contributed by atoms with Crippen LogP contribution in [0.2, 0.25) is 0 Å². The minimum atomic E-state index is -0.351. The van der Waals surface area contributed by atoms with E-state index >= 15 is 0 Å². The lowest BCUT2D eigenvalue weighted by molar-refractivity contribution is 0.0954. The first-order valence-electron chi connectivity index (χ1n) is 8.11. The highest BCUT2D eigenvalue weighted by Gasteiger charge is 2.18. The number of nitrogens with one attached hydrogen (secondary N) is 1. The minimum absolute atomic E-state index is 0.351. The first-order valence-corrected chi connectivity index (χ1v) is 9.05. The van der Waals surface area contributed by atoms with Crippen LogP contribution in [0.25, 0.3) is 0 Å². The maximum atomic E-state index is 12.4. The Labute approximate surface area is 151 Å². The number of rotatable bonds is 9. The molecule has 1 aromatic heterocycles. The lowest BCUT2D eigenvalue weighted by Crippen LogP contribution is -2.18. The Morgan fingerprint density at radius 1 is 1.12 bits per heavy atom. The number of hydrazone groups is 1. The molecule has 0 aliphatic heterocycles. The largest absolute Gasteiger partial charge is 0.490 e. The molecule has 1 heterocycles. The van der Waals surface area contributed by atoms with Crippen LogP contribution < -0.4 is 19.6 Å². The zero-order valence-electron chi connectivity index (χ0n) is 14.6. The van der Waals surface area contributed by atoms with Crippen molar-refractivity contribution >= 4 is 23.5 Å². The van der Waals surface area contributed by atoms with E-state index in [1.54, 1.807) is 29.7 Å². The molecule has 2 rings (SSSR count). The molecule has 6 nitrogen and oxygen atoms in total. The van der Waals surface area contributed by atoms with Gasteiger partial charge in [-0.05, 0) is 49.7 Å². The van der Waals surface area contributed by atoms with Gasteiger partial charge < -0.3 is 14.2 Å². The maximum absolute atomic E-state index is 12.4. The standard InChI is InChI=1S/C18H22N2O4S/c1-4-22-15-9-14(10-16(23-5-2)17(15)24-6-3)18(21)20-19-11-13-7-8-25-12-13/h7-12H,4-6H2,1-3H3,(H,20,21). The van der Waals surface area contributed by atoms with Gasteiger partial charge in [0, 0.05) is 11.1 Å². The summed E-state index contributed by atoms with van der Waals surface area (Å²) in [5, 5.41) is 7.85. The Kier molecular flexibility index (Phi) is 7.28. The quantitative estimate of drug-likeness (QED) is 0.545. The summed E-state index contributed by atoms with van der Waals surface area (Å²) in [5.74, 6) is 1.10. The Morgan fingerprint density at radius 2 is 1.76 bits per heavy atom. The SMILES string of the molecule is CCOc1cc(C(=O)NN=Cc2ccsc2)cc(OCC)c1OCC. The predicted molar refractivity (Wildman–Crippen MR) is 99.3 cm³/mol. The first-order chi connectivity index (χ1) is 12.2. The molecule has 1 amide bonds. The molecular formula is C18H22N2O4S. The summed E-state index contributed by atoms with van der Waals surface area (Å²) < 4.78 is 16.8. The van der Waals surface area contributed by atoms with Crippen LogP contribution in [0, 0.1) is 0 Å². The summed E-state index contributed by atoms with van der Waals surface area (Å²) in [6, 6.07) is 5.18. The number of benzene rings is 1. The van der Waals surface area contributed by atoms with Crippen molar-refractivity contribution in [2.45, 2.75) is 20.8 Å². The summed E-state index contributed by atoms with van der Waals surface area (Å²) >= 11 is 1.56. The van der Waals surface area contributed by atoms with Gasteiger partial charge in [0.1, 0.15) is 0 Å². The van der Waals surface area contributed by atoms with Gasteiger partial charge in [0.15, 0.2) is 11.5 Å². The summed E-state index contributed by atoms with van der Waals surface area (Å²) in [4.78, 5) is 12.4. The number of nitrogens with zero attached hydrogens (tertiary/aromatic N) is 1. The Morgan fingerprint density at radius 3 is 2.28 bits per heavy atom. The molecule has 134 valence electrons. The van der Waals surface area contributed by atoms with Gasteiger partial charge in [0.05, 0.1) is 26.0 Å². The molecule has 25 heavy (non-hydrogen) atoms. The second kappa shape index (κ2) is 9.68. The Bertz CT molecular complexity index is 687. The number of carbonyl (C=O) groups excluding carboxylic acids is 1. The average Bonchev–Trinajstić information content (AvgIpc) is 3.11. The topological polar surface area (TPSA) is 69.2 Å². The van der Waals surface area contributed by atoms with Crippen molar-refractivity contribution in [2.75, 3.05) is 19.8 Å². The molecule has 0 saturated carbocycles. The Hall–Kier alpha value is -2.54. The number of amides is 1. The normalized spacial score (nSPS) is 10.7. The van der Waals surface area contributed by atoms with Crippen LogP contribution >= 0.6 is 11.3 Å². The lowest BCUT2D eigenvalue weighted by atomic mass is 10.1. The molecular weight excluding hydrogens is 340 g/mol. The van der Waals surface area contributed by atoms with Crippen molar-refractivity contribution in [3.63, 3.8) is 0 Å². The van der Waals surface area contributed by atoms with Crippen molar-refractivity contribution in [3.05, 3.63) is 40.1 Å². The van der Waals surface area contributed by atoms with Gasteiger partial charge >= 0.3 is 0 Å². The zero-order valence-corrected chi connectivity index (χ0v) is 15.4. The molecule has 0 saturated heterocycles. The van der Waals surface area contributed by atoms with Crippen molar-refractivity contribution in [1.29, 1.82) is 0 Å². The van der Waals surface area contributed by atoms with Gasteiger partial charge in [-0.15, -0.1) is 0 Å². The molecule has 0 aliphatic rings. The van der Waals surface area contributed by atoms with Crippen molar-refractivity contribution < 1.29 is 19.0 Å². The molecule has 0 radical (unpaired) electrons. The second-order valence-corrected chi connectivity index (χ2v) is 5.64. The lowest BCUT2D eigenvalue weighted by Gasteiger charge is -2.16. The van der Waals surface area contributed by atoms with E-state index in [0.717, 1.165) is 5.56 Å². The molecule has 0 aliphatic carbocycles. The first kappa shape index (κ1) is 18.8. The summed E-state index contributed by atoms with van der Waals surface area (Å²) in [7, 11) is 0. The summed E-state index contributed by atoms with van der Waals surface area (Å²) in [6.45, 7) is 6.99. The van der Waals surface area contributed by atoms with Gasteiger partial charge in [-0.1, -0.05) is 0 Å². The third kappa shape index (κ3) is 5.22. The van der Waals surface area contributed by atoms with Crippen LogP contribution in [0.3, 0.4) is 0 Å². The number of thiophene rings is 1. The van der Waals surface area contributed by atoms with Gasteiger partial charge in [-0.25, -0.2) is 5.43 Å². The molecule has 1 aromatic carbocycles.